The molecule has 2 N–H and O–H groups in total. The number of esters is 2. The monoisotopic (exact) mass is 784 g/mol. The molecule has 12 heteroatoms. The summed E-state index contributed by atoms with van der Waals surface area (Å²) < 4.78 is 33.5. The summed E-state index contributed by atoms with van der Waals surface area (Å²) >= 11 is 0. The van der Waals surface area contributed by atoms with E-state index in [1.165, 1.54) is 32.1 Å². The van der Waals surface area contributed by atoms with Crippen molar-refractivity contribution in [2.45, 2.75) is 148 Å². The second-order valence-electron chi connectivity index (χ2n) is 14.7. The van der Waals surface area contributed by atoms with Gasteiger partial charge in [-0.05, 0) is 57.8 Å². The van der Waals surface area contributed by atoms with E-state index in [0.717, 1.165) is 44.9 Å². The van der Waals surface area contributed by atoms with Crippen LogP contribution in [0.4, 0.5) is 0 Å². The molecular weight excluding hydrogens is 709 g/mol. The molecular formula is C42H74NO10P. The molecule has 0 amide bonds. The molecule has 1 unspecified atom stereocenters. The lowest BCUT2D eigenvalue weighted by atomic mass is 10.1. The zero-order chi connectivity index (χ0) is 40.3. The van der Waals surface area contributed by atoms with Crippen LogP contribution in [0.5, 0.6) is 0 Å². The summed E-state index contributed by atoms with van der Waals surface area (Å²) in [6.45, 7) is 3.79. The van der Waals surface area contributed by atoms with Gasteiger partial charge in [0.15, 0.2) is 6.10 Å². The Morgan fingerprint density at radius 3 is 1.93 bits per heavy atom. The van der Waals surface area contributed by atoms with Crippen LogP contribution >= 0.6 is 7.82 Å². The van der Waals surface area contributed by atoms with Crippen LogP contribution in [0.25, 0.3) is 0 Å². The highest BCUT2D eigenvalue weighted by Crippen LogP contribution is 2.38. The van der Waals surface area contributed by atoms with Gasteiger partial charge in [-0.2, -0.15) is 0 Å². The van der Waals surface area contributed by atoms with Crippen LogP contribution < -0.4 is 4.89 Å². The Morgan fingerprint density at radius 2 is 1.26 bits per heavy atom. The van der Waals surface area contributed by atoms with E-state index in [1.807, 2.05) is 27.2 Å². The Hall–Kier alpha value is -2.37. The number of hydrogen-bond acceptors (Lipinski definition) is 10. The van der Waals surface area contributed by atoms with Crippen molar-refractivity contribution in [1.82, 2.24) is 0 Å². The summed E-state index contributed by atoms with van der Waals surface area (Å²) in [5, 5.41) is 20.3. The lowest BCUT2D eigenvalue weighted by Gasteiger charge is -2.28. The van der Waals surface area contributed by atoms with Crippen molar-refractivity contribution < 1.29 is 52.3 Å². The number of phosphoric acid groups is 1. The number of ether oxygens (including phenoxy) is 2. The van der Waals surface area contributed by atoms with Gasteiger partial charge in [-0.1, -0.05) is 120 Å². The van der Waals surface area contributed by atoms with E-state index < -0.39 is 44.7 Å². The first-order chi connectivity index (χ1) is 25.8. The Kier molecular flexibility index (Phi) is 32.4. The van der Waals surface area contributed by atoms with Gasteiger partial charge in [-0.15, -0.1) is 0 Å². The number of quaternary nitrogens is 1. The van der Waals surface area contributed by atoms with E-state index in [4.69, 9.17) is 18.5 Å². The SMILES string of the molecule is CCCC/C=C\CCCCCCCC(=O)OC[C@H](COP(=O)([O-])OCC[N+](C)(C)C)OC(=O)CCC[C@@H](O)\C=C/C=C/C=C/[C@@H](O)C/C=C\CCCCC. The zero-order valence-corrected chi connectivity index (χ0v) is 35.0. The largest absolute Gasteiger partial charge is 0.756 e. The molecule has 0 rings (SSSR count). The van der Waals surface area contributed by atoms with Crippen LogP contribution in [0.3, 0.4) is 0 Å². The topological polar surface area (TPSA) is 152 Å². The van der Waals surface area contributed by atoms with Gasteiger partial charge in [0.25, 0.3) is 7.82 Å². The number of likely N-dealkylation sites (N-methyl/N-ethyl adjacent to an activating group) is 1. The van der Waals surface area contributed by atoms with Crippen molar-refractivity contribution in [3.8, 4) is 0 Å². The van der Waals surface area contributed by atoms with E-state index in [0.29, 0.717) is 36.7 Å². The first-order valence-corrected chi connectivity index (χ1v) is 21.7. The fourth-order valence-corrected chi connectivity index (χ4v) is 5.61. The number of carbonyl (C=O) groups is 2. The second kappa shape index (κ2) is 33.9. The third-order valence-corrected chi connectivity index (χ3v) is 9.16. The highest BCUT2D eigenvalue weighted by Gasteiger charge is 2.22. The predicted molar refractivity (Wildman–Crippen MR) is 215 cm³/mol. The highest BCUT2D eigenvalue weighted by atomic mass is 31.2. The molecule has 0 aliphatic heterocycles. The number of aliphatic hydroxyl groups excluding tert-OH is 2. The number of allylic oxidation sites excluding steroid dienone is 7. The number of aliphatic hydroxyl groups is 2. The summed E-state index contributed by atoms with van der Waals surface area (Å²) in [7, 11) is 0.994. The van der Waals surface area contributed by atoms with Gasteiger partial charge in [0.05, 0.1) is 40.0 Å². The summed E-state index contributed by atoms with van der Waals surface area (Å²) in [4.78, 5) is 37.4. The molecule has 0 aromatic rings. The molecule has 0 saturated heterocycles. The number of nitrogens with zero attached hydrogens (tertiary/aromatic N) is 1. The van der Waals surface area contributed by atoms with Crippen molar-refractivity contribution in [2.24, 2.45) is 0 Å². The first-order valence-electron chi connectivity index (χ1n) is 20.2. The van der Waals surface area contributed by atoms with Crippen LogP contribution in [0.15, 0.2) is 60.8 Å². The van der Waals surface area contributed by atoms with Gasteiger partial charge in [0, 0.05) is 12.8 Å². The predicted octanol–water partition coefficient (Wildman–Crippen LogP) is 8.21. The Balaban J connectivity index is 4.72. The van der Waals surface area contributed by atoms with Gasteiger partial charge >= 0.3 is 11.9 Å². The number of rotatable bonds is 35. The summed E-state index contributed by atoms with van der Waals surface area (Å²) in [6, 6.07) is 0. The number of unbranched alkanes of at least 4 members (excludes halogenated alkanes) is 10. The van der Waals surface area contributed by atoms with Gasteiger partial charge in [-0.25, -0.2) is 0 Å². The van der Waals surface area contributed by atoms with Crippen molar-refractivity contribution in [3.05, 3.63) is 60.8 Å². The number of phosphoric ester groups is 1. The standard InChI is InChI=1S/C42H74NO10P/c1-6-8-10-12-14-15-16-17-18-20-26-32-41(46)50-36-40(37-52-54(48,49)51-35-34-43(3,4)5)53-42(47)33-27-31-39(45)30-25-22-21-24-29-38(44)28-23-19-13-11-9-7-2/h12,14,19,21-25,29-30,38-40,44-45H,6-11,13,15-18,20,26-28,31-37H2,1-5H3/b14-12-,22-21+,23-19-,29-24+,30-25-/t38-,39-,40+/m0/s1. The van der Waals surface area contributed by atoms with Crippen LogP contribution in [-0.2, 0) is 32.7 Å². The van der Waals surface area contributed by atoms with Crippen molar-refractivity contribution in [1.29, 1.82) is 0 Å². The summed E-state index contributed by atoms with van der Waals surface area (Å²) in [5.41, 5.74) is 0. The molecule has 0 bridgehead atoms. The fraction of sp³-hybridized carbons (Fsp3) is 0.714. The van der Waals surface area contributed by atoms with Crippen molar-refractivity contribution in [2.75, 3.05) is 47.5 Å². The number of hydrogen-bond donors (Lipinski definition) is 2. The second-order valence-corrected chi connectivity index (χ2v) is 16.1. The Labute approximate surface area is 327 Å². The minimum Gasteiger partial charge on any atom is -0.756 e. The van der Waals surface area contributed by atoms with Crippen molar-refractivity contribution in [3.63, 3.8) is 0 Å². The van der Waals surface area contributed by atoms with Gasteiger partial charge in [-0.3, -0.25) is 14.2 Å². The zero-order valence-electron chi connectivity index (χ0n) is 34.1. The molecule has 0 aromatic carbocycles. The van der Waals surface area contributed by atoms with E-state index in [-0.39, 0.29) is 26.1 Å². The summed E-state index contributed by atoms with van der Waals surface area (Å²) in [5.74, 6) is -1.09. The van der Waals surface area contributed by atoms with Crippen LogP contribution in [0, 0.1) is 0 Å². The maximum atomic E-state index is 12.6. The van der Waals surface area contributed by atoms with E-state index in [1.54, 1.807) is 36.5 Å². The van der Waals surface area contributed by atoms with Crippen molar-refractivity contribution >= 4 is 19.8 Å². The molecule has 0 saturated carbocycles. The Bertz CT molecular complexity index is 1140. The van der Waals surface area contributed by atoms with Gasteiger partial charge < -0.3 is 38.1 Å². The van der Waals surface area contributed by atoms with Gasteiger partial charge in [0.2, 0.25) is 0 Å². The first kappa shape index (κ1) is 51.6. The smallest absolute Gasteiger partial charge is 0.306 e. The maximum absolute atomic E-state index is 12.6. The van der Waals surface area contributed by atoms with E-state index in [9.17, 15) is 29.3 Å². The normalized spacial score (nSPS) is 15.5. The van der Waals surface area contributed by atoms with Gasteiger partial charge in [0.1, 0.15) is 19.8 Å². The molecule has 11 nitrogen and oxygen atoms in total. The van der Waals surface area contributed by atoms with Crippen LogP contribution in [0.2, 0.25) is 0 Å². The molecule has 312 valence electrons. The van der Waals surface area contributed by atoms with E-state index in [2.05, 4.69) is 32.1 Å². The molecule has 0 aromatic heterocycles. The van der Waals surface area contributed by atoms with Crippen LogP contribution in [0.1, 0.15) is 129 Å². The maximum Gasteiger partial charge on any atom is 0.306 e. The molecule has 0 fully saturated rings. The molecule has 0 aliphatic rings. The quantitative estimate of drug-likeness (QED) is 0.0161. The lowest BCUT2D eigenvalue weighted by Crippen LogP contribution is -2.37. The third kappa shape index (κ3) is 36.6. The molecule has 0 radical (unpaired) electrons. The average molecular weight is 784 g/mol. The fourth-order valence-electron chi connectivity index (χ4n) is 4.89. The minimum atomic E-state index is -4.69. The van der Waals surface area contributed by atoms with E-state index >= 15 is 0 Å². The molecule has 0 aliphatic carbocycles. The third-order valence-electron chi connectivity index (χ3n) is 8.20. The molecule has 4 atom stereocenters. The number of carbonyl (C=O) groups excluding carboxylic acids is 2. The minimum absolute atomic E-state index is 0.0393. The Morgan fingerprint density at radius 1 is 0.685 bits per heavy atom. The summed E-state index contributed by atoms with van der Waals surface area (Å²) in [6.07, 6.45) is 31.7. The molecule has 0 heterocycles. The lowest BCUT2D eigenvalue weighted by molar-refractivity contribution is -0.870. The highest BCUT2D eigenvalue weighted by molar-refractivity contribution is 7.45. The average Bonchev–Trinajstić information content (AvgIpc) is 3.10. The molecule has 54 heavy (non-hydrogen) atoms. The molecule has 0 spiro atoms. The van der Waals surface area contributed by atoms with Crippen LogP contribution in [-0.4, -0.2) is 92.5 Å².